The van der Waals surface area contributed by atoms with Crippen molar-refractivity contribution in [3.05, 3.63) is 66.0 Å². The number of aromatic nitrogens is 2. The molecule has 0 radical (unpaired) electrons. The van der Waals surface area contributed by atoms with E-state index < -0.39 is 12.0 Å². The van der Waals surface area contributed by atoms with E-state index in [2.05, 4.69) is 15.1 Å². The van der Waals surface area contributed by atoms with Gasteiger partial charge in [-0.05, 0) is 42.0 Å². The van der Waals surface area contributed by atoms with Crippen LogP contribution in [-0.2, 0) is 9.59 Å². The first-order valence-electron chi connectivity index (χ1n) is 9.52. The highest BCUT2D eigenvalue weighted by atomic mass is 16.5. The number of hydrazone groups is 1. The standard InChI is InChI=1S/C22H20N4O4/c1-30-15-8-6-14(7-9-15)18-12-20(26(25-18)21(27)10-11-22(28)29)19-13-23-16-4-2-3-5-17(16)24-19/h2-9,13,20H,10-12H2,1H3,(H,28,29). The van der Waals surface area contributed by atoms with Gasteiger partial charge in [-0.25, -0.2) is 9.99 Å². The van der Waals surface area contributed by atoms with Gasteiger partial charge in [0.1, 0.15) is 11.8 Å². The third kappa shape index (κ3) is 3.98. The molecule has 8 nitrogen and oxygen atoms in total. The predicted molar refractivity (Wildman–Crippen MR) is 110 cm³/mol. The third-order valence-electron chi connectivity index (χ3n) is 4.95. The lowest BCUT2D eigenvalue weighted by molar-refractivity contribution is -0.141. The van der Waals surface area contributed by atoms with Crippen LogP contribution in [0.2, 0.25) is 0 Å². The number of hydrogen-bond donors (Lipinski definition) is 1. The molecule has 1 amide bonds. The van der Waals surface area contributed by atoms with E-state index in [-0.39, 0.29) is 18.7 Å². The Balaban J connectivity index is 1.67. The maximum atomic E-state index is 12.8. The first-order valence-corrected chi connectivity index (χ1v) is 9.52. The Hall–Kier alpha value is -3.81. The van der Waals surface area contributed by atoms with Crippen molar-refractivity contribution in [1.82, 2.24) is 15.0 Å². The van der Waals surface area contributed by atoms with Gasteiger partial charge in [-0.15, -0.1) is 0 Å². The predicted octanol–water partition coefficient (Wildman–Crippen LogP) is 3.18. The average molecular weight is 404 g/mol. The molecule has 0 aliphatic carbocycles. The Bertz CT molecular complexity index is 1130. The van der Waals surface area contributed by atoms with E-state index in [0.29, 0.717) is 12.1 Å². The van der Waals surface area contributed by atoms with Crippen LogP contribution < -0.4 is 4.74 Å². The molecule has 1 aromatic heterocycles. The molecule has 0 fully saturated rings. The second kappa shape index (κ2) is 8.28. The zero-order chi connectivity index (χ0) is 21.1. The molecular formula is C22H20N4O4. The van der Waals surface area contributed by atoms with Crippen molar-refractivity contribution in [2.24, 2.45) is 5.10 Å². The average Bonchev–Trinajstić information content (AvgIpc) is 3.23. The van der Waals surface area contributed by atoms with E-state index in [4.69, 9.17) is 9.84 Å². The highest BCUT2D eigenvalue weighted by Crippen LogP contribution is 2.33. The summed E-state index contributed by atoms with van der Waals surface area (Å²) in [7, 11) is 1.60. The van der Waals surface area contributed by atoms with Crippen molar-refractivity contribution < 1.29 is 19.4 Å². The highest BCUT2D eigenvalue weighted by molar-refractivity contribution is 6.03. The van der Waals surface area contributed by atoms with Gasteiger partial charge in [0.15, 0.2) is 0 Å². The third-order valence-corrected chi connectivity index (χ3v) is 4.95. The molecule has 0 saturated heterocycles. The summed E-state index contributed by atoms with van der Waals surface area (Å²) in [6.45, 7) is 0. The largest absolute Gasteiger partial charge is 0.497 e. The van der Waals surface area contributed by atoms with Gasteiger partial charge in [-0.3, -0.25) is 14.6 Å². The number of carboxylic acid groups (broad SMARTS) is 1. The fourth-order valence-corrected chi connectivity index (χ4v) is 3.39. The molecule has 1 aliphatic rings. The van der Waals surface area contributed by atoms with E-state index in [9.17, 15) is 9.59 Å². The fraction of sp³-hybridized carbons (Fsp3) is 0.227. The van der Waals surface area contributed by atoms with Gasteiger partial charge in [0.05, 0.1) is 42.2 Å². The summed E-state index contributed by atoms with van der Waals surface area (Å²) in [5.74, 6) is -0.659. The number of benzene rings is 2. The Morgan fingerprint density at radius 2 is 1.83 bits per heavy atom. The van der Waals surface area contributed by atoms with Gasteiger partial charge in [-0.1, -0.05) is 12.1 Å². The Kier molecular flexibility index (Phi) is 5.38. The van der Waals surface area contributed by atoms with Gasteiger partial charge in [0.25, 0.3) is 0 Å². The van der Waals surface area contributed by atoms with E-state index >= 15 is 0 Å². The topological polar surface area (TPSA) is 105 Å². The minimum absolute atomic E-state index is 0.133. The summed E-state index contributed by atoms with van der Waals surface area (Å²) < 4.78 is 5.20. The molecule has 4 rings (SSSR count). The van der Waals surface area contributed by atoms with Gasteiger partial charge >= 0.3 is 5.97 Å². The maximum absolute atomic E-state index is 12.8. The van der Waals surface area contributed by atoms with Crippen LogP contribution in [0.15, 0.2) is 59.8 Å². The van der Waals surface area contributed by atoms with E-state index in [0.717, 1.165) is 28.1 Å². The fourth-order valence-electron chi connectivity index (χ4n) is 3.39. The quantitative estimate of drug-likeness (QED) is 0.677. The SMILES string of the molecule is COc1ccc(C2=NN(C(=O)CCC(=O)O)C(c3cnc4ccccc4n3)C2)cc1. The lowest BCUT2D eigenvalue weighted by Crippen LogP contribution is -2.28. The molecule has 0 saturated carbocycles. The first kappa shape index (κ1) is 19.5. The number of carbonyl (C=O) groups excluding carboxylic acids is 1. The van der Waals surface area contributed by atoms with Gasteiger partial charge in [0.2, 0.25) is 5.91 Å². The number of fused-ring (bicyclic) bond motifs is 1. The molecule has 1 N–H and O–H groups in total. The summed E-state index contributed by atoms with van der Waals surface area (Å²) in [5.41, 5.74) is 3.69. The van der Waals surface area contributed by atoms with E-state index in [1.54, 1.807) is 13.3 Å². The van der Waals surface area contributed by atoms with Crippen molar-refractivity contribution in [1.29, 1.82) is 0 Å². The maximum Gasteiger partial charge on any atom is 0.303 e. The number of methoxy groups -OCH3 is 1. The van der Waals surface area contributed by atoms with Crippen molar-refractivity contribution in [3.8, 4) is 5.75 Å². The molecule has 152 valence electrons. The van der Waals surface area contributed by atoms with Crippen LogP contribution in [0.25, 0.3) is 11.0 Å². The van der Waals surface area contributed by atoms with Crippen molar-refractivity contribution >= 4 is 28.6 Å². The number of rotatable bonds is 6. The summed E-state index contributed by atoms with van der Waals surface area (Å²) in [6.07, 6.45) is 1.72. The van der Waals surface area contributed by atoms with Crippen LogP contribution >= 0.6 is 0 Å². The Morgan fingerprint density at radius 3 is 2.53 bits per heavy atom. The van der Waals surface area contributed by atoms with Gasteiger partial charge < -0.3 is 9.84 Å². The second-order valence-corrected chi connectivity index (χ2v) is 6.91. The minimum Gasteiger partial charge on any atom is -0.497 e. The lowest BCUT2D eigenvalue weighted by atomic mass is 10.0. The molecule has 1 unspecified atom stereocenters. The molecule has 1 atom stereocenters. The molecular weight excluding hydrogens is 384 g/mol. The number of para-hydroxylation sites is 2. The number of carboxylic acids is 1. The Morgan fingerprint density at radius 1 is 1.10 bits per heavy atom. The van der Waals surface area contributed by atoms with Crippen LogP contribution in [-0.4, -0.2) is 44.8 Å². The van der Waals surface area contributed by atoms with E-state index in [1.165, 1.54) is 5.01 Å². The molecule has 0 spiro atoms. The number of nitrogens with zero attached hydrogens (tertiary/aromatic N) is 4. The van der Waals surface area contributed by atoms with Crippen molar-refractivity contribution in [2.45, 2.75) is 25.3 Å². The van der Waals surface area contributed by atoms with Crippen LogP contribution in [0.4, 0.5) is 0 Å². The molecule has 30 heavy (non-hydrogen) atoms. The normalized spacial score (nSPS) is 15.8. The number of ether oxygens (including phenoxy) is 1. The number of carbonyl (C=O) groups is 2. The molecule has 3 aromatic rings. The number of amides is 1. The summed E-state index contributed by atoms with van der Waals surface area (Å²) >= 11 is 0. The van der Waals surface area contributed by atoms with Crippen LogP contribution in [0, 0.1) is 0 Å². The minimum atomic E-state index is -1.02. The number of aliphatic carboxylic acids is 1. The molecule has 2 heterocycles. The van der Waals surface area contributed by atoms with Crippen molar-refractivity contribution in [2.75, 3.05) is 7.11 Å². The highest BCUT2D eigenvalue weighted by Gasteiger charge is 2.34. The second-order valence-electron chi connectivity index (χ2n) is 6.91. The smallest absolute Gasteiger partial charge is 0.303 e. The van der Waals surface area contributed by atoms with E-state index in [1.807, 2.05) is 48.5 Å². The van der Waals surface area contributed by atoms with Crippen LogP contribution in [0.3, 0.4) is 0 Å². The summed E-state index contributed by atoms with van der Waals surface area (Å²) in [5, 5.41) is 14.8. The summed E-state index contributed by atoms with van der Waals surface area (Å²) in [4.78, 5) is 32.8. The molecule has 2 aromatic carbocycles. The van der Waals surface area contributed by atoms with Gasteiger partial charge in [-0.2, -0.15) is 5.10 Å². The van der Waals surface area contributed by atoms with Gasteiger partial charge in [0, 0.05) is 12.8 Å². The Labute approximate surface area is 172 Å². The summed E-state index contributed by atoms with van der Waals surface area (Å²) in [6, 6.07) is 14.5. The molecule has 8 heteroatoms. The zero-order valence-corrected chi connectivity index (χ0v) is 16.4. The molecule has 0 bridgehead atoms. The lowest BCUT2D eigenvalue weighted by Gasteiger charge is -2.21. The van der Waals surface area contributed by atoms with Crippen LogP contribution in [0.1, 0.15) is 36.6 Å². The first-order chi connectivity index (χ1) is 14.5. The number of hydrogen-bond acceptors (Lipinski definition) is 6. The monoisotopic (exact) mass is 404 g/mol. The zero-order valence-electron chi connectivity index (χ0n) is 16.4. The van der Waals surface area contributed by atoms with Crippen LogP contribution in [0.5, 0.6) is 5.75 Å². The molecule has 1 aliphatic heterocycles. The van der Waals surface area contributed by atoms with Crippen molar-refractivity contribution in [3.63, 3.8) is 0 Å².